The van der Waals surface area contributed by atoms with E-state index in [1.165, 1.54) is 12.1 Å². The molecule has 3 heterocycles. The molecule has 8 heteroatoms. The second kappa shape index (κ2) is 9.70. The van der Waals surface area contributed by atoms with Crippen LogP contribution in [0.25, 0.3) is 11.1 Å². The fourth-order valence-electron chi connectivity index (χ4n) is 4.20. The minimum absolute atomic E-state index is 0.0938. The second-order valence-corrected chi connectivity index (χ2v) is 9.80. The molecule has 0 spiro atoms. The number of hydrogen-bond donors (Lipinski definition) is 1. The maximum atomic E-state index is 15.2. The van der Waals surface area contributed by atoms with Gasteiger partial charge in [0, 0.05) is 59.4 Å². The molecular formula is C27H30F2N4O2. The summed E-state index contributed by atoms with van der Waals surface area (Å²) in [7, 11) is 1.58. The topological polar surface area (TPSA) is 67.3 Å². The highest BCUT2D eigenvalue weighted by molar-refractivity contribution is 5.99. The van der Waals surface area contributed by atoms with E-state index in [2.05, 4.69) is 15.3 Å². The number of methoxy groups -OCH3 is 1. The van der Waals surface area contributed by atoms with Crippen LogP contribution < -0.4 is 5.32 Å². The van der Waals surface area contributed by atoms with Crippen molar-refractivity contribution < 1.29 is 18.3 Å². The number of aromatic nitrogens is 2. The standard InChI is InChI=1S/C27H30F2N4O2/c1-16(32-25-21-15-33(10-11-35-5)26(34)18(21)7-9-31-25)19-13-23(29)20(14-22(19)28)17-6-8-30-24(12-17)27(2,3)4/h6-9,12-14,16H,10-11,15H2,1-5H3,(H,31,32)/t16-/m0/s1. The molecule has 3 aromatic rings. The highest BCUT2D eigenvalue weighted by atomic mass is 19.1. The van der Waals surface area contributed by atoms with Gasteiger partial charge in [0.05, 0.1) is 19.2 Å². The van der Waals surface area contributed by atoms with Gasteiger partial charge in [0.2, 0.25) is 0 Å². The molecule has 1 aliphatic rings. The molecule has 0 aliphatic carbocycles. The van der Waals surface area contributed by atoms with Crippen molar-refractivity contribution in [1.82, 2.24) is 14.9 Å². The van der Waals surface area contributed by atoms with E-state index in [0.29, 0.717) is 36.6 Å². The molecule has 0 bridgehead atoms. The van der Waals surface area contributed by atoms with Crippen LogP contribution in [-0.4, -0.2) is 41.0 Å². The zero-order chi connectivity index (χ0) is 25.3. The summed E-state index contributed by atoms with van der Waals surface area (Å²) in [6.45, 7) is 9.07. The van der Waals surface area contributed by atoms with E-state index in [9.17, 15) is 4.79 Å². The van der Waals surface area contributed by atoms with Gasteiger partial charge in [0.25, 0.3) is 5.91 Å². The highest BCUT2D eigenvalue weighted by Gasteiger charge is 2.30. The Balaban J connectivity index is 1.60. The molecular weight excluding hydrogens is 450 g/mol. The van der Waals surface area contributed by atoms with Crippen molar-refractivity contribution in [3.05, 3.63) is 76.7 Å². The van der Waals surface area contributed by atoms with Crippen molar-refractivity contribution in [2.75, 3.05) is 25.6 Å². The summed E-state index contributed by atoms with van der Waals surface area (Å²) in [5.74, 6) is -0.658. The molecule has 1 atom stereocenters. The number of carbonyl (C=O) groups excluding carboxylic acids is 1. The number of nitrogens with zero attached hydrogens (tertiary/aromatic N) is 3. The lowest BCUT2D eigenvalue weighted by molar-refractivity contribution is 0.0719. The Morgan fingerprint density at radius 2 is 1.83 bits per heavy atom. The molecule has 1 aromatic carbocycles. The predicted molar refractivity (Wildman–Crippen MR) is 131 cm³/mol. The largest absolute Gasteiger partial charge is 0.383 e. The van der Waals surface area contributed by atoms with Crippen LogP contribution in [0.5, 0.6) is 0 Å². The Labute approximate surface area is 204 Å². The molecule has 2 aromatic heterocycles. The second-order valence-electron chi connectivity index (χ2n) is 9.80. The Morgan fingerprint density at radius 1 is 1.09 bits per heavy atom. The number of benzene rings is 1. The van der Waals surface area contributed by atoms with Gasteiger partial charge in [-0.05, 0) is 42.8 Å². The Bertz CT molecular complexity index is 1260. The number of amides is 1. The summed E-state index contributed by atoms with van der Waals surface area (Å²) >= 11 is 0. The van der Waals surface area contributed by atoms with Gasteiger partial charge in [-0.3, -0.25) is 9.78 Å². The molecule has 184 valence electrons. The normalized spacial score (nSPS) is 14.3. The van der Waals surface area contributed by atoms with E-state index >= 15 is 8.78 Å². The molecule has 6 nitrogen and oxygen atoms in total. The Morgan fingerprint density at radius 3 is 2.54 bits per heavy atom. The first kappa shape index (κ1) is 24.7. The first-order valence-corrected chi connectivity index (χ1v) is 11.6. The van der Waals surface area contributed by atoms with Crippen molar-refractivity contribution in [2.24, 2.45) is 0 Å². The zero-order valence-corrected chi connectivity index (χ0v) is 20.7. The van der Waals surface area contributed by atoms with Gasteiger partial charge in [-0.2, -0.15) is 0 Å². The van der Waals surface area contributed by atoms with Crippen molar-refractivity contribution in [2.45, 2.75) is 45.7 Å². The molecule has 0 fully saturated rings. The van der Waals surface area contributed by atoms with E-state index in [0.717, 1.165) is 11.3 Å². The lowest BCUT2D eigenvalue weighted by Crippen LogP contribution is -2.27. The number of nitrogens with one attached hydrogen (secondary N) is 1. The molecule has 0 radical (unpaired) electrons. The van der Waals surface area contributed by atoms with E-state index in [1.54, 1.807) is 49.5 Å². The van der Waals surface area contributed by atoms with Crippen molar-refractivity contribution in [3.8, 4) is 11.1 Å². The van der Waals surface area contributed by atoms with Crippen LogP contribution >= 0.6 is 0 Å². The van der Waals surface area contributed by atoms with Crippen LogP contribution in [0.1, 0.15) is 60.9 Å². The van der Waals surface area contributed by atoms with Crippen LogP contribution in [0, 0.1) is 11.6 Å². The van der Waals surface area contributed by atoms with E-state index in [-0.39, 0.29) is 22.4 Å². The first-order valence-electron chi connectivity index (χ1n) is 11.6. The van der Waals surface area contributed by atoms with E-state index < -0.39 is 17.7 Å². The number of pyridine rings is 2. The molecule has 1 amide bonds. The molecule has 1 N–H and O–H groups in total. The maximum absolute atomic E-state index is 15.2. The lowest BCUT2D eigenvalue weighted by atomic mass is 9.89. The molecule has 35 heavy (non-hydrogen) atoms. The van der Waals surface area contributed by atoms with Crippen molar-refractivity contribution in [1.29, 1.82) is 0 Å². The molecule has 4 rings (SSSR count). The van der Waals surface area contributed by atoms with Gasteiger partial charge in [0.15, 0.2) is 0 Å². The molecule has 0 unspecified atom stereocenters. The fourth-order valence-corrected chi connectivity index (χ4v) is 4.20. The number of carbonyl (C=O) groups is 1. The number of hydrogen-bond acceptors (Lipinski definition) is 5. The maximum Gasteiger partial charge on any atom is 0.254 e. The number of fused-ring (bicyclic) bond motifs is 1. The Hall–Kier alpha value is -3.39. The first-order chi connectivity index (χ1) is 16.6. The molecule has 0 saturated heterocycles. The minimum Gasteiger partial charge on any atom is -0.383 e. The summed E-state index contributed by atoms with van der Waals surface area (Å²) in [6, 6.07) is 7.02. The summed E-state index contributed by atoms with van der Waals surface area (Å²) < 4.78 is 35.5. The predicted octanol–water partition coefficient (Wildman–Crippen LogP) is 5.49. The van der Waals surface area contributed by atoms with Crippen LogP contribution in [0.4, 0.5) is 14.6 Å². The summed E-state index contributed by atoms with van der Waals surface area (Å²) in [6.07, 6.45) is 3.16. The van der Waals surface area contributed by atoms with Gasteiger partial charge in [0.1, 0.15) is 17.5 Å². The summed E-state index contributed by atoms with van der Waals surface area (Å²) in [5, 5.41) is 3.17. The number of anilines is 1. The van der Waals surface area contributed by atoms with Crippen LogP contribution in [0.3, 0.4) is 0 Å². The number of ether oxygens (including phenoxy) is 1. The van der Waals surface area contributed by atoms with Gasteiger partial charge in [-0.1, -0.05) is 20.8 Å². The van der Waals surface area contributed by atoms with Crippen LogP contribution in [0.15, 0.2) is 42.7 Å². The smallest absolute Gasteiger partial charge is 0.254 e. The minimum atomic E-state index is -0.580. The lowest BCUT2D eigenvalue weighted by Gasteiger charge is -2.20. The van der Waals surface area contributed by atoms with Gasteiger partial charge < -0.3 is 15.0 Å². The summed E-state index contributed by atoms with van der Waals surface area (Å²) in [4.78, 5) is 23.1. The number of halogens is 2. The monoisotopic (exact) mass is 480 g/mol. The van der Waals surface area contributed by atoms with Crippen molar-refractivity contribution in [3.63, 3.8) is 0 Å². The third kappa shape index (κ3) is 5.03. The van der Waals surface area contributed by atoms with Gasteiger partial charge in [-0.25, -0.2) is 13.8 Å². The zero-order valence-electron chi connectivity index (χ0n) is 20.7. The fraction of sp³-hybridized carbons (Fsp3) is 0.370. The quantitative estimate of drug-likeness (QED) is 0.484. The van der Waals surface area contributed by atoms with E-state index in [1.807, 2.05) is 20.8 Å². The highest BCUT2D eigenvalue weighted by Crippen LogP contribution is 2.33. The third-order valence-electron chi connectivity index (χ3n) is 6.23. The molecule has 0 saturated carbocycles. The van der Waals surface area contributed by atoms with E-state index in [4.69, 9.17) is 4.74 Å². The van der Waals surface area contributed by atoms with Crippen LogP contribution in [0.2, 0.25) is 0 Å². The average molecular weight is 481 g/mol. The third-order valence-corrected chi connectivity index (χ3v) is 6.23. The Kier molecular flexibility index (Phi) is 6.85. The SMILES string of the molecule is COCCN1Cc2c(ccnc2N[C@@H](C)c2cc(F)c(-c3ccnc(C(C)(C)C)c3)cc2F)C1=O. The molecule has 1 aliphatic heterocycles. The average Bonchev–Trinajstić information content (AvgIpc) is 3.15. The number of rotatable bonds is 7. The van der Waals surface area contributed by atoms with Crippen molar-refractivity contribution >= 4 is 11.7 Å². The van der Waals surface area contributed by atoms with Crippen LogP contribution in [-0.2, 0) is 16.7 Å². The van der Waals surface area contributed by atoms with Gasteiger partial charge in [-0.15, -0.1) is 0 Å². The summed E-state index contributed by atoms with van der Waals surface area (Å²) in [5.41, 5.74) is 2.82. The van der Waals surface area contributed by atoms with Gasteiger partial charge >= 0.3 is 0 Å².